The maximum absolute atomic E-state index is 13.8. The first kappa shape index (κ1) is 26.1. The summed E-state index contributed by atoms with van der Waals surface area (Å²) in [6.07, 6.45) is 9.33. The second kappa shape index (κ2) is 10.2. The third-order valence-electron chi connectivity index (χ3n) is 8.79. The molecule has 4 bridgehead atoms. The van der Waals surface area contributed by atoms with Gasteiger partial charge in [0.05, 0.1) is 19.1 Å². The number of ether oxygens (including phenoxy) is 2. The molecule has 1 N–H and O–H groups in total. The van der Waals surface area contributed by atoms with Gasteiger partial charge in [0, 0.05) is 10.8 Å². The van der Waals surface area contributed by atoms with Gasteiger partial charge in [-0.1, -0.05) is 18.9 Å². The molecule has 0 aromatic heterocycles. The molecular weight excluding hydrogens is 470 g/mol. The van der Waals surface area contributed by atoms with Crippen LogP contribution in [-0.2, 0) is 28.4 Å². The fourth-order valence-electron chi connectivity index (χ4n) is 7.75. The van der Waals surface area contributed by atoms with Crippen molar-refractivity contribution in [1.82, 2.24) is 0 Å². The quantitative estimate of drug-likeness (QED) is 0.172. The molecule has 0 amide bonds. The molecule has 0 aromatic rings. The molecule has 0 heterocycles. The van der Waals surface area contributed by atoms with Gasteiger partial charge in [0.25, 0.3) is 0 Å². The van der Waals surface area contributed by atoms with E-state index >= 15 is 0 Å². The highest BCUT2D eigenvalue weighted by atomic mass is 32.2. The van der Waals surface area contributed by atoms with Crippen LogP contribution in [0.15, 0.2) is 0 Å². The van der Waals surface area contributed by atoms with E-state index in [1.165, 1.54) is 0 Å². The Hall–Kier alpha value is -0.970. The van der Waals surface area contributed by atoms with Crippen molar-refractivity contribution in [2.75, 3.05) is 13.2 Å². The maximum atomic E-state index is 13.8. The highest BCUT2D eigenvalue weighted by molar-refractivity contribution is 7.96. The fraction of sp³-hybridized carbons (Fsp3) is 0.917. The van der Waals surface area contributed by atoms with Gasteiger partial charge in [-0.2, -0.15) is 8.78 Å². The van der Waals surface area contributed by atoms with Crippen molar-refractivity contribution in [2.24, 2.45) is 40.4 Å². The predicted octanol–water partition coefficient (Wildman–Crippen LogP) is 5.78. The Bertz CT molecular complexity index is 740. The van der Waals surface area contributed by atoms with Crippen LogP contribution in [0.5, 0.6) is 0 Å². The van der Waals surface area contributed by atoms with Gasteiger partial charge in [-0.3, -0.25) is 4.79 Å². The Labute approximate surface area is 203 Å². The highest BCUT2D eigenvalue weighted by Crippen LogP contribution is 2.65. The van der Waals surface area contributed by atoms with Gasteiger partial charge in [0.2, 0.25) is 0 Å². The molecular formula is C24H36F2O7S. The maximum Gasteiger partial charge on any atom is 0.415 e. The summed E-state index contributed by atoms with van der Waals surface area (Å²) in [7, 11) is 0. The molecule has 5 aliphatic rings. The van der Waals surface area contributed by atoms with Gasteiger partial charge in [-0.05, 0) is 87.9 Å². The van der Waals surface area contributed by atoms with Crippen LogP contribution in [0.4, 0.5) is 8.78 Å². The van der Waals surface area contributed by atoms with Gasteiger partial charge < -0.3 is 9.47 Å². The highest BCUT2D eigenvalue weighted by Gasteiger charge is 2.59. The molecule has 0 aromatic carbocycles. The summed E-state index contributed by atoms with van der Waals surface area (Å²) in [5.74, 6) is 0.349. The molecule has 5 fully saturated rings. The Morgan fingerprint density at radius 1 is 1.00 bits per heavy atom. The van der Waals surface area contributed by atoms with Crippen LogP contribution in [0.1, 0.15) is 78.1 Å². The summed E-state index contributed by atoms with van der Waals surface area (Å²) in [6.45, 7) is 4.75. The monoisotopic (exact) mass is 506 g/mol. The predicted molar refractivity (Wildman–Crippen MR) is 119 cm³/mol. The first-order chi connectivity index (χ1) is 16.1. The van der Waals surface area contributed by atoms with Gasteiger partial charge in [0.15, 0.2) is 0 Å². The largest absolute Gasteiger partial charge is 0.465 e. The van der Waals surface area contributed by atoms with Crippen molar-refractivity contribution >= 4 is 24.0 Å². The minimum atomic E-state index is -3.99. The number of esters is 2. The zero-order valence-corrected chi connectivity index (χ0v) is 20.7. The van der Waals surface area contributed by atoms with Crippen LogP contribution in [0.25, 0.3) is 0 Å². The number of hydrogen-bond donors (Lipinski definition) is 1. The minimum Gasteiger partial charge on any atom is -0.465 e. The first-order valence-corrected chi connectivity index (χ1v) is 13.2. The summed E-state index contributed by atoms with van der Waals surface area (Å²) in [4.78, 5) is 24.8. The molecule has 5 rings (SSSR count). The molecule has 7 nitrogen and oxygen atoms in total. The van der Waals surface area contributed by atoms with E-state index in [2.05, 4.69) is 23.2 Å². The van der Waals surface area contributed by atoms with E-state index in [0.717, 1.165) is 57.8 Å². The average molecular weight is 507 g/mol. The Morgan fingerprint density at radius 2 is 1.56 bits per heavy atom. The van der Waals surface area contributed by atoms with Crippen molar-refractivity contribution in [1.29, 1.82) is 0 Å². The van der Waals surface area contributed by atoms with Crippen molar-refractivity contribution < 1.29 is 42.5 Å². The lowest BCUT2D eigenvalue weighted by atomic mass is 9.44. The molecule has 5 saturated carbocycles. The molecule has 0 saturated heterocycles. The van der Waals surface area contributed by atoms with Crippen LogP contribution in [0, 0.1) is 40.4 Å². The lowest BCUT2D eigenvalue weighted by Crippen LogP contribution is -2.55. The molecule has 2 unspecified atom stereocenters. The van der Waals surface area contributed by atoms with E-state index in [4.69, 9.17) is 14.7 Å². The first-order valence-electron chi connectivity index (χ1n) is 12.4. The molecule has 0 aliphatic heterocycles. The molecule has 34 heavy (non-hydrogen) atoms. The number of alkyl halides is 2. The van der Waals surface area contributed by atoms with Crippen molar-refractivity contribution in [3.8, 4) is 0 Å². The molecule has 10 heteroatoms. The van der Waals surface area contributed by atoms with Crippen LogP contribution in [0.3, 0.4) is 0 Å². The number of halogens is 2. The van der Waals surface area contributed by atoms with Crippen LogP contribution < -0.4 is 0 Å². The van der Waals surface area contributed by atoms with Gasteiger partial charge in [0.1, 0.15) is 12.0 Å². The van der Waals surface area contributed by atoms with E-state index < -0.39 is 23.3 Å². The molecule has 2 atom stereocenters. The van der Waals surface area contributed by atoms with Gasteiger partial charge in [-0.15, -0.1) is 4.33 Å². The van der Waals surface area contributed by atoms with E-state index in [0.29, 0.717) is 36.7 Å². The molecule has 0 spiro atoms. The summed E-state index contributed by atoms with van der Waals surface area (Å²) in [5, 5.41) is 7.23. The minimum absolute atomic E-state index is 0.0244. The number of rotatable bonds is 10. The number of carbonyl (C=O) groups excluding carboxylic acids is 2. The third kappa shape index (κ3) is 5.71. The topological polar surface area (TPSA) is 91.3 Å². The average Bonchev–Trinajstić information content (AvgIpc) is 2.79. The van der Waals surface area contributed by atoms with E-state index in [9.17, 15) is 18.4 Å². The second-order valence-corrected chi connectivity index (χ2v) is 12.6. The Kier molecular flexibility index (Phi) is 7.82. The SMILES string of the molecule is CC(C)C1CCC(C(=O)OCC23CC4CC(C2)CC(COC(=O)C(F)(F)SOOO)(C4)C3)CC1. The molecule has 5 aliphatic carbocycles. The van der Waals surface area contributed by atoms with Crippen LogP contribution in [-0.4, -0.2) is 35.7 Å². The standard InChI is InChI=1S/C24H36F2O7S/c1-15(2)18-3-5-19(6-4-18)20(27)30-13-22-8-16-7-17(9-22)11-23(10-16,12-22)14-31-21(28)24(25,26)34-33-32-29/h15-19,29H,3-14H2,1-2H3. The fourth-order valence-corrected chi connectivity index (χ4v) is 7.99. The van der Waals surface area contributed by atoms with E-state index in [1.54, 1.807) is 0 Å². The van der Waals surface area contributed by atoms with Gasteiger partial charge >= 0.3 is 17.2 Å². The lowest BCUT2D eigenvalue weighted by molar-refractivity contribution is -0.433. The normalized spacial score (nSPS) is 37.1. The lowest BCUT2D eigenvalue weighted by Gasteiger charge is -2.61. The molecule has 0 radical (unpaired) electrons. The van der Waals surface area contributed by atoms with Crippen LogP contribution in [0.2, 0.25) is 0 Å². The van der Waals surface area contributed by atoms with Crippen molar-refractivity contribution in [3.05, 3.63) is 0 Å². The number of hydrogen-bond acceptors (Lipinski definition) is 8. The zero-order chi connectivity index (χ0) is 24.6. The van der Waals surface area contributed by atoms with Crippen molar-refractivity contribution in [3.63, 3.8) is 0 Å². The summed E-state index contributed by atoms with van der Waals surface area (Å²) >= 11 is -0.608. The second-order valence-electron chi connectivity index (χ2n) is 11.7. The van der Waals surface area contributed by atoms with E-state index in [1.807, 2.05) is 0 Å². The smallest absolute Gasteiger partial charge is 0.415 e. The van der Waals surface area contributed by atoms with Crippen LogP contribution >= 0.6 is 12.0 Å². The Balaban J connectivity index is 1.33. The Morgan fingerprint density at radius 3 is 2.09 bits per heavy atom. The summed E-state index contributed by atoms with van der Waals surface area (Å²) in [6, 6.07) is 0. The van der Waals surface area contributed by atoms with Gasteiger partial charge in [-0.25, -0.2) is 10.1 Å². The third-order valence-corrected chi connectivity index (χ3v) is 9.29. The number of carbonyl (C=O) groups is 2. The summed E-state index contributed by atoms with van der Waals surface area (Å²) < 4.78 is 42.3. The van der Waals surface area contributed by atoms with E-state index in [-0.39, 0.29) is 29.3 Å². The molecule has 194 valence electrons. The van der Waals surface area contributed by atoms with Crippen molar-refractivity contribution in [2.45, 2.75) is 83.3 Å². The zero-order valence-electron chi connectivity index (χ0n) is 19.9. The summed E-state index contributed by atoms with van der Waals surface area (Å²) in [5.41, 5.74) is -0.525.